The van der Waals surface area contributed by atoms with Crippen LogP contribution in [0.4, 0.5) is 0 Å². The summed E-state index contributed by atoms with van der Waals surface area (Å²) < 4.78 is 29.5. The molecule has 1 aliphatic heterocycles. The molecule has 0 saturated carbocycles. The Morgan fingerprint density at radius 3 is 2.67 bits per heavy atom. The highest BCUT2D eigenvalue weighted by molar-refractivity contribution is 7.90. The quantitative estimate of drug-likeness (QED) is 0.447. The Bertz CT molecular complexity index is 826. The van der Waals surface area contributed by atoms with Gasteiger partial charge in [0.15, 0.2) is 9.84 Å². The van der Waals surface area contributed by atoms with E-state index in [1.165, 1.54) is 17.0 Å². The van der Waals surface area contributed by atoms with Gasteiger partial charge in [0, 0.05) is 18.9 Å². The van der Waals surface area contributed by atoms with Gasteiger partial charge in [-0.1, -0.05) is 0 Å². The second-order valence-corrected chi connectivity index (χ2v) is 8.26. The molecule has 8 nitrogen and oxygen atoms in total. The molecule has 0 aliphatic carbocycles. The Kier molecular flexibility index (Phi) is 4.48. The Balaban J connectivity index is 2.66. The number of nitrogens with two attached hydrogens (primary N) is 1. The van der Waals surface area contributed by atoms with Gasteiger partial charge in [0.05, 0.1) is 10.9 Å². The highest BCUT2D eigenvalue weighted by Gasteiger charge is 2.45. The number of fused-ring (bicyclic) bond motifs is 1. The summed E-state index contributed by atoms with van der Waals surface area (Å²) in [6.07, 6.45) is 1.67. The molecular formula is C15H20N4O4S. The van der Waals surface area contributed by atoms with E-state index in [1.54, 1.807) is 33.2 Å². The van der Waals surface area contributed by atoms with Crippen molar-refractivity contribution in [1.82, 2.24) is 4.90 Å². The van der Waals surface area contributed by atoms with E-state index in [0.717, 1.165) is 6.26 Å². The van der Waals surface area contributed by atoms with Gasteiger partial charge < -0.3 is 20.5 Å². The minimum atomic E-state index is -3.43. The van der Waals surface area contributed by atoms with Crippen molar-refractivity contribution in [2.45, 2.75) is 36.5 Å². The number of guanidine groups is 1. The van der Waals surface area contributed by atoms with Crippen LogP contribution < -0.4 is 10.5 Å². The molecule has 9 heteroatoms. The number of aliphatic hydroxyl groups excluding tert-OH is 1. The summed E-state index contributed by atoms with van der Waals surface area (Å²) in [7, 11) is -1.86. The topological polar surface area (TPSA) is 129 Å². The van der Waals surface area contributed by atoms with Crippen molar-refractivity contribution in [1.29, 1.82) is 5.26 Å². The maximum absolute atomic E-state index is 11.8. The minimum Gasteiger partial charge on any atom is -0.485 e. The van der Waals surface area contributed by atoms with Crippen LogP contribution in [0.2, 0.25) is 0 Å². The maximum atomic E-state index is 11.8. The number of aliphatic hydroxyl groups is 1. The molecular weight excluding hydrogens is 332 g/mol. The highest BCUT2D eigenvalue weighted by Crippen LogP contribution is 2.43. The van der Waals surface area contributed by atoms with Gasteiger partial charge in [0.2, 0.25) is 12.2 Å². The van der Waals surface area contributed by atoms with Crippen molar-refractivity contribution < 1.29 is 18.3 Å². The van der Waals surface area contributed by atoms with Crippen molar-refractivity contribution in [3.63, 3.8) is 0 Å². The molecule has 1 aromatic rings. The Labute approximate surface area is 141 Å². The van der Waals surface area contributed by atoms with Crippen molar-refractivity contribution in [3.8, 4) is 11.9 Å². The third kappa shape index (κ3) is 3.16. The zero-order chi connectivity index (χ0) is 18.3. The van der Waals surface area contributed by atoms with E-state index in [9.17, 15) is 13.5 Å². The molecule has 1 aromatic carbocycles. The predicted octanol–water partition coefficient (Wildman–Crippen LogP) is 0.391. The van der Waals surface area contributed by atoms with Crippen molar-refractivity contribution in [3.05, 3.63) is 23.8 Å². The first-order valence-corrected chi connectivity index (χ1v) is 9.04. The lowest BCUT2D eigenvalue weighted by Crippen LogP contribution is -2.55. The first kappa shape index (κ1) is 18.0. The van der Waals surface area contributed by atoms with Gasteiger partial charge in [-0.15, -0.1) is 4.99 Å². The highest BCUT2D eigenvalue weighted by atomic mass is 32.2. The fourth-order valence-electron chi connectivity index (χ4n) is 2.67. The lowest BCUT2D eigenvalue weighted by Gasteiger charge is -2.45. The third-order valence-corrected chi connectivity index (χ3v) is 5.17. The standard InChI is InChI=1S/C15H20N4O4S/c1-15(2)13(20)12(19(3)14(17)18-8-16)10-7-9(24(4,21)22)5-6-11(10)23-15/h5-7,12-13,20H,1-4H3,(H2,17,18). The second-order valence-electron chi connectivity index (χ2n) is 6.25. The fraction of sp³-hybridized carbons (Fsp3) is 0.467. The first-order chi connectivity index (χ1) is 11.0. The largest absolute Gasteiger partial charge is 0.485 e. The fourth-order valence-corrected chi connectivity index (χ4v) is 3.32. The zero-order valence-electron chi connectivity index (χ0n) is 13.9. The zero-order valence-corrected chi connectivity index (χ0v) is 14.7. The van der Waals surface area contributed by atoms with Crippen LogP contribution in [-0.4, -0.2) is 49.4 Å². The van der Waals surface area contributed by atoms with Crippen molar-refractivity contribution in [2.75, 3.05) is 13.3 Å². The summed E-state index contributed by atoms with van der Waals surface area (Å²) >= 11 is 0. The van der Waals surface area contributed by atoms with Crippen LogP contribution in [0.3, 0.4) is 0 Å². The van der Waals surface area contributed by atoms with Gasteiger partial charge in [-0.25, -0.2) is 8.42 Å². The van der Waals surface area contributed by atoms with Crippen LogP contribution in [0, 0.1) is 11.5 Å². The van der Waals surface area contributed by atoms with Crippen LogP contribution in [0.5, 0.6) is 5.75 Å². The number of aliphatic imine (C=N–C) groups is 1. The second kappa shape index (κ2) is 5.96. The summed E-state index contributed by atoms with van der Waals surface area (Å²) in [5.74, 6) is 0.356. The number of rotatable bonds is 2. The smallest absolute Gasteiger partial charge is 0.209 e. The SMILES string of the molecule is CN(C(N)=NC#N)C1c2cc(S(C)(=O)=O)ccc2OC(C)(C)C1O. The normalized spacial score (nSPS) is 22.9. The Morgan fingerprint density at radius 1 is 1.50 bits per heavy atom. The first-order valence-electron chi connectivity index (χ1n) is 7.15. The Hall–Kier alpha value is -2.31. The summed E-state index contributed by atoms with van der Waals surface area (Å²) in [6.45, 7) is 3.42. The molecule has 1 heterocycles. The van der Waals surface area contributed by atoms with Gasteiger partial charge in [-0.05, 0) is 32.0 Å². The van der Waals surface area contributed by atoms with Gasteiger partial charge in [-0.2, -0.15) is 5.26 Å². The third-order valence-electron chi connectivity index (χ3n) is 4.06. The number of benzene rings is 1. The van der Waals surface area contributed by atoms with E-state index in [2.05, 4.69) is 4.99 Å². The lowest BCUT2D eigenvalue weighted by atomic mass is 9.86. The van der Waals surface area contributed by atoms with E-state index in [1.807, 2.05) is 0 Å². The van der Waals surface area contributed by atoms with Crippen molar-refractivity contribution in [2.24, 2.45) is 10.7 Å². The maximum Gasteiger partial charge on any atom is 0.209 e. The number of likely N-dealkylation sites (N-methyl/N-ethyl adjacent to an activating group) is 1. The van der Waals surface area contributed by atoms with Crippen LogP contribution >= 0.6 is 0 Å². The molecule has 0 fully saturated rings. The number of nitrogens with zero attached hydrogens (tertiary/aromatic N) is 3. The molecule has 0 saturated heterocycles. The predicted molar refractivity (Wildman–Crippen MR) is 88.0 cm³/mol. The molecule has 0 aromatic heterocycles. The summed E-state index contributed by atoms with van der Waals surface area (Å²) in [5, 5.41) is 19.4. The average molecular weight is 352 g/mol. The molecule has 2 unspecified atom stereocenters. The number of sulfone groups is 1. The van der Waals surface area contributed by atoms with Gasteiger partial charge in [0.25, 0.3) is 0 Å². The molecule has 2 atom stereocenters. The molecule has 3 N–H and O–H groups in total. The van der Waals surface area contributed by atoms with E-state index < -0.39 is 27.6 Å². The molecule has 0 radical (unpaired) electrons. The van der Waals surface area contributed by atoms with Gasteiger partial charge in [0.1, 0.15) is 17.5 Å². The van der Waals surface area contributed by atoms with Crippen molar-refractivity contribution >= 4 is 15.8 Å². The average Bonchev–Trinajstić information content (AvgIpc) is 2.46. The van der Waals surface area contributed by atoms with E-state index in [-0.39, 0.29) is 10.9 Å². The summed E-state index contributed by atoms with van der Waals surface area (Å²) in [6, 6.07) is 3.73. The summed E-state index contributed by atoms with van der Waals surface area (Å²) in [4.78, 5) is 5.02. The van der Waals surface area contributed by atoms with Crippen LogP contribution in [0.15, 0.2) is 28.1 Å². The molecule has 0 bridgehead atoms. The number of hydrogen-bond acceptors (Lipinski definition) is 6. The molecule has 130 valence electrons. The minimum absolute atomic E-state index is 0.0880. The van der Waals surface area contributed by atoms with Crippen LogP contribution in [0.1, 0.15) is 25.5 Å². The Morgan fingerprint density at radius 2 is 2.12 bits per heavy atom. The van der Waals surface area contributed by atoms with Gasteiger partial charge >= 0.3 is 0 Å². The molecule has 2 rings (SSSR count). The molecule has 24 heavy (non-hydrogen) atoms. The van der Waals surface area contributed by atoms with E-state index >= 15 is 0 Å². The van der Waals surface area contributed by atoms with Gasteiger partial charge in [-0.3, -0.25) is 0 Å². The number of ether oxygens (including phenoxy) is 1. The molecule has 0 amide bonds. The van der Waals surface area contributed by atoms with Crippen LogP contribution in [0.25, 0.3) is 0 Å². The van der Waals surface area contributed by atoms with E-state index in [0.29, 0.717) is 11.3 Å². The number of nitriles is 1. The monoisotopic (exact) mass is 352 g/mol. The number of hydrogen-bond donors (Lipinski definition) is 2. The summed E-state index contributed by atoms with van der Waals surface area (Å²) in [5.41, 5.74) is 5.30. The van der Waals surface area contributed by atoms with E-state index in [4.69, 9.17) is 15.7 Å². The molecule has 0 spiro atoms. The van der Waals surface area contributed by atoms with Crippen LogP contribution in [-0.2, 0) is 9.84 Å². The lowest BCUT2D eigenvalue weighted by molar-refractivity contribution is -0.0787. The molecule has 1 aliphatic rings.